The summed E-state index contributed by atoms with van der Waals surface area (Å²) in [6.07, 6.45) is 8.64. The summed E-state index contributed by atoms with van der Waals surface area (Å²) in [6.45, 7) is 5.23. The van der Waals surface area contributed by atoms with E-state index >= 15 is 0 Å². The van der Waals surface area contributed by atoms with E-state index in [1.54, 1.807) is 42.5 Å². The number of hydrogen-bond acceptors (Lipinski definition) is 6. The van der Waals surface area contributed by atoms with Crippen molar-refractivity contribution in [3.8, 4) is 0 Å². The zero-order valence-corrected chi connectivity index (χ0v) is 25.9. The molecule has 0 aromatic heterocycles. The molecule has 0 radical (unpaired) electrons. The molecule has 2 atom stereocenters. The average molecular weight is 602 g/mol. The second-order valence-corrected chi connectivity index (χ2v) is 14.3. The van der Waals surface area contributed by atoms with E-state index < -0.39 is 9.84 Å². The number of amides is 1. The maximum atomic E-state index is 13.7. The highest BCUT2D eigenvalue weighted by Gasteiger charge is 2.41. The van der Waals surface area contributed by atoms with Gasteiger partial charge in [0.15, 0.2) is 0 Å². The molecule has 2 aliphatic heterocycles. The lowest BCUT2D eigenvalue weighted by Crippen LogP contribution is -2.42. The first kappa shape index (κ1) is 29.7. The van der Waals surface area contributed by atoms with Crippen LogP contribution in [0.5, 0.6) is 0 Å². The molecule has 2 unspecified atom stereocenters. The third kappa shape index (κ3) is 6.60. The Morgan fingerprint density at radius 2 is 1.63 bits per heavy atom. The topological polar surface area (TPSA) is 87.7 Å². The van der Waals surface area contributed by atoms with Crippen LogP contribution in [0, 0.1) is 12.8 Å². The first-order valence-electron chi connectivity index (χ1n) is 15.8. The number of anilines is 2. The molecule has 3 aromatic carbocycles. The van der Waals surface area contributed by atoms with Crippen molar-refractivity contribution in [2.24, 2.45) is 5.92 Å². The first-order chi connectivity index (χ1) is 20.9. The number of morpholine rings is 1. The molecule has 2 N–H and O–H groups in total. The van der Waals surface area contributed by atoms with Gasteiger partial charge < -0.3 is 20.3 Å². The van der Waals surface area contributed by atoms with Crippen LogP contribution in [0.4, 0.5) is 11.4 Å². The first-order valence-corrected chi connectivity index (χ1v) is 17.3. The van der Waals surface area contributed by atoms with Gasteiger partial charge in [-0.1, -0.05) is 68.0 Å². The SMILES string of the molecule is Cc1ccc2c(c1)C(C1CCCCCCC1)C(C(=O)NCc1ccc(S(=O)(=O)c3cccc(N4CCOCC4)c3)cc1)N2. The Labute approximate surface area is 255 Å². The van der Waals surface area contributed by atoms with Crippen LogP contribution in [0.25, 0.3) is 0 Å². The van der Waals surface area contributed by atoms with Crippen LogP contribution in [-0.2, 0) is 25.9 Å². The van der Waals surface area contributed by atoms with Crippen molar-refractivity contribution in [3.05, 3.63) is 83.4 Å². The minimum absolute atomic E-state index is 0.00228. The second kappa shape index (κ2) is 13.1. The average Bonchev–Trinajstić information content (AvgIpc) is 3.39. The lowest BCUT2D eigenvalue weighted by molar-refractivity contribution is -0.122. The van der Waals surface area contributed by atoms with E-state index in [1.165, 1.54) is 43.2 Å². The summed E-state index contributed by atoms with van der Waals surface area (Å²) in [5, 5.41) is 6.71. The van der Waals surface area contributed by atoms with E-state index in [-0.39, 0.29) is 27.7 Å². The van der Waals surface area contributed by atoms with E-state index in [4.69, 9.17) is 4.74 Å². The Bertz CT molecular complexity index is 1520. The fourth-order valence-electron chi connectivity index (χ4n) is 7.02. The lowest BCUT2D eigenvalue weighted by Gasteiger charge is -2.30. The summed E-state index contributed by atoms with van der Waals surface area (Å²) in [6, 6.07) is 20.2. The fourth-order valence-corrected chi connectivity index (χ4v) is 8.32. The quantitative estimate of drug-likeness (QED) is 0.335. The van der Waals surface area contributed by atoms with Crippen molar-refractivity contribution in [2.75, 3.05) is 36.5 Å². The van der Waals surface area contributed by atoms with Crippen LogP contribution in [0.2, 0.25) is 0 Å². The van der Waals surface area contributed by atoms with Gasteiger partial charge >= 0.3 is 0 Å². The number of carbonyl (C=O) groups is 1. The highest BCUT2D eigenvalue weighted by Crippen LogP contribution is 2.45. The van der Waals surface area contributed by atoms with Gasteiger partial charge in [0.1, 0.15) is 6.04 Å². The van der Waals surface area contributed by atoms with Crippen LogP contribution in [0.1, 0.15) is 67.6 Å². The molecule has 0 bridgehead atoms. The number of nitrogens with zero attached hydrogens (tertiary/aromatic N) is 1. The van der Waals surface area contributed by atoms with Gasteiger partial charge in [0.25, 0.3) is 0 Å². The van der Waals surface area contributed by atoms with E-state index in [9.17, 15) is 13.2 Å². The van der Waals surface area contributed by atoms with E-state index in [2.05, 4.69) is 40.7 Å². The van der Waals surface area contributed by atoms with Gasteiger partial charge in [-0.3, -0.25) is 4.79 Å². The van der Waals surface area contributed by atoms with Crippen LogP contribution in [0.3, 0.4) is 0 Å². The fraction of sp³-hybridized carbons (Fsp3) is 0.457. The van der Waals surface area contributed by atoms with E-state index in [0.717, 1.165) is 42.9 Å². The number of ether oxygens (including phenoxy) is 1. The molecule has 43 heavy (non-hydrogen) atoms. The summed E-state index contributed by atoms with van der Waals surface area (Å²) < 4.78 is 32.4. The molecule has 0 spiro atoms. The normalized spacial score (nSPS) is 21.4. The Hall–Kier alpha value is -3.36. The molecule has 2 fully saturated rings. The van der Waals surface area contributed by atoms with Crippen molar-refractivity contribution in [2.45, 2.75) is 80.2 Å². The van der Waals surface area contributed by atoms with E-state index in [0.29, 0.717) is 25.7 Å². The number of nitrogens with one attached hydrogen (secondary N) is 2. The molecule has 3 aromatic rings. The molecule has 6 rings (SSSR count). The number of hydrogen-bond donors (Lipinski definition) is 2. The predicted octanol–water partition coefficient (Wildman–Crippen LogP) is 6.22. The van der Waals surface area contributed by atoms with Crippen LogP contribution in [-0.4, -0.2) is 46.7 Å². The van der Waals surface area contributed by atoms with Gasteiger partial charge in [-0.25, -0.2) is 8.42 Å². The summed E-state index contributed by atoms with van der Waals surface area (Å²) in [5.74, 6) is 0.643. The molecule has 8 heteroatoms. The number of sulfone groups is 1. The molecule has 1 saturated carbocycles. The van der Waals surface area contributed by atoms with Gasteiger partial charge in [0.2, 0.25) is 15.7 Å². The van der Waals surface area contributed by atoms with Crippen LogP contribution >= 0.6 is 0 Å². The molecule has 7 nitrogen and oxygen atoms in total. The third-order valence-corrected chi connectivity index (χ3v) is 11.1. The second-order valence-electron chi connectivity index (χ2n) is 12.3. The van der Waals surface area contributed by atoms with Gasteiger partial charge in [-0.15, -0.1) is 0 Å². The van der Waals surface area contributed by atoms with Gasteiger partial charge in [-0.05, 0) is 73.2 Å². The molecule has 1 saturated heterocycles. The standard InChI is InChI=1S/C35H43N3O4S/c1-25-12-17-32-31(22-25)33(27-8-5-3-2-4-6-9-27)34(37-32)35(39)36-24-26-13-15-29(16-14-26)43(40,41)30-11-7-10-28(23-30)38-18-20-42-21-19-38/h7,10-17,22-23,27,33-34,37H,2-6,8-9,18-21,24H2,1H3,(H,36,39). The number of benzene rings is 3. The van der Waals surface area contributed by atoms with Crippen LogP contribution in [0.15, 0.2) is 76.5 Å². The van der Waals surface area contributed by atoms with Gasteiger partial charge in [0.05, 0.1) is 23.0 Å². The number of fused-ring (bicyclic) bond motifs is 1. The molecule has 228 valence electrons. The third-order valence-electron chi connectivity index (χ3n) is 9.38. The minimum Gasteiger partial charge on any atom is -0.378 e. The Kier molecular flexibility index (Phi) is 9.05. The van der Waals surface area contributed by atoms with Crippen molar-refractivity contribution >= 4 is 27.1 Å². The Morgan fingerprint density at radius 3 is 2.37 bits per heavy atom. The highest BCUT2D eigenvalue weighted by molar-refractivity contribution is 7.91. The van der Waals surface area contributed by atoms with Crippen molar-refractivity contribution in [3.63, 3.8) is 0 Å². The molecular formula is C35H43N3O4S. The van der Waals surface area contributed by atoms with E-state index in [1.807, 2.05) is 6.07 Å². The summed E-state index contributed by atoms with van der Waals surface area (Å²) in [4.78, 5) is 16.3. The maximum Gasteiger partial charge on any atom is 0.243 e. The lowest BCUT2D eigenvalue weighted by atomic mass is 9.76. The van der Waals surface area contributed by atoms with Gasteiger partial charge in [0, 0.05) is 36.9 Å². The monoisotopic (exact) mass is 601 g/mol. The van der Waals surface area contributed by atoms with Crippen molar-refractivity contribution in [1.82, 2.24) is 5.32 Å². The number of carbonyl (C=O) groups excluding carboxylic acids is 1. The smallest absolute Gasteiger partial charge is 0.243 e. The predicted molar refractivity (Wildman–Crippen MR) is 170 cm³/mol. The molecular weight excluding hydrogens is 558 g/mol. The molecule has 3 aliphatic rings. The summed E-state index contributed by atoms with van der Waals surface area (Å²) >= 11 is 0. The molecule has 2 heterocycles. The van der Waals surface area contributed by atoms with Crippen molar-refractivity contribution in [1.29, 1.82) is 0 Å². The Balaban J connectivity index is 1.13. The minimum atomic E-state index is -3.68. The number of aryl methyl sites for hydroxylation is 1. The van der Waals surface area contributed by atoms with Gasteiger partial charge in [-0.2, -0.15) is 0 Å². The molecule has 1 aliphatic carbocycles. The summed E-state index contributed by atoms with van der Waals surface area (Å²) in [5.41, 5.74) is 5.32. The van der Waals surface area contributed by atoms with Crippen molar-refractivity contribution < 1.29 is 17.9 Å². The summed E-state index contributed by atoms with van der Waals surface area (Å²) in [7, 11) is -3.68. The maximum absolute atomic E-state index is 13.7. The Morgan fingerprint density at radius 1 is 0.907 bits per heavy atom. The zero-order chi connectivity index (χ0) is 29.8. The largest absolute Gasteiger partial charge is 0.378 e. The highest BCUT2D eigenvalue weighted by atomic mass is 32.2. The number of rotatable bonds is 7. The zero-order valence-electron chi connectivity index (χ0n) is 25.1. The van der Waals surface area contributed by atoms with Crippen LogP contribution < -0.4 is 15.5 Å². The molecule has 1 amide bonds.